The average Bonchev–Trinajstić information content (AvgIpc) is 2.25. The lowest BCUT2D eigenvalue weighted by molar-refractivity contribution is -0.147. The lowest BCUT2D eigenvalue weighted by Crippen LogP contribution is -2.22. The molecule has 0 aliphatic rings. The molecule has 2 N–H and O–H groups in total. The predicted molar refractivity (Wildman–Crippen MR) is 61.7 cm³/mol. The van der Waals surface area contributed by atoms with Gasteiger partial charge in [0.05, 0.1) is 5.69 Å². The number of carbonyl (C=O) groups is 2. The highest BCUT2D eigenvalue weighted by molar-refractivity contribution is 9.10. The van der Waals surface area contributed by atoms with Crippen molar-refractivity contribution in [2.75, 3.05) is 5.32 Å². The van der Waals surface area contributed by atoms with Crippen LogP contribution in [0.1, 0.15) is 13.8 Å². The summed E-state index contributed by atoms with van der Waals surface area (Å²) in [6.45, 7) is 4.00. The molecule has 16 heavy (non-hydrogen) atoms. The van der Waals surface area contributed by atoms with Gasteiger partial charge in [-0.1, -0.05) is 29.8 Å². The summed E-state index contributed by atoms with van der Waals surface area (Å²) < 4.78 is 13.5. The molecule has 0 heterocycles. The van der Waals surface area contributed by atoms with Crippen LogP contribution in [0, 0.1) is 5.82 Å². The van der Waals surface area contributed by atoms with Crippen LogP contribution in [0.25, 0.3) is 0 Å². The highest BCUT2D eigenvalue weighted by Crippen LogP contribution is 2.18. The summed E-state index contributed by atoms with van der Waals surface area (Å²) >= 11 is 3.02. The summed E-state index contributed by atoms with van der Waals surface area (Å²) in [6.07, 6.45) is 0. The molecule has 0 saturated carbocycles. The summed E-state index contributed by atoms with van der Waals surface area (Å²) in [7, 11) is 0. The number of hydrogen-bond acceptors (Lipinski definition) is 2. The fourth-order valence-corrected chi connectivity index (χ4v) is 1.10. The van der Waals surface area contributed by atoms with Gasteiger partial charge in [0.15, 0.2) is 0 Å². The second-order valence-corrected chi connectivity index (χ2v) is 3.30. The molecule has 0 bridgehead atoms. The Balaban J connectivity index is 0.00000106. The van der Waals surface area contributed by atoms with E-state index in [0.717, 1.165) is 6.07 Å². The number of halogens is 2. The van der Waals surface area contributed by atoms with Crippen molar-refractivity contribution in [3.05, 3.63) is 28.5 Å². The zero-order valence-electron chi connectivity index (χ0n) is 8.75. The van der Waals surface area contributed by atoms with Crippen LogP contribution in [0.2, 0.25) is 0 Å². The number of aliphatic carboxylic acids is 1. The first-order valence-corrected chi connectivity index (χ1v) is 5.29. The van der Waals surface area contributed by atoms with Gasteiger partial charge in [-0.25, -0.2) is 9.18 Å². The Morgan fingerprint density at radius 3 is 2.38 bits per heavy atom. The van der Waals surface area contributed by atoms with Gasteiger partial charge in [-0.2, -0.15) is 0 Å². The molecule has 0 aromatic heterocycles. The molecule has 0 aliphatic carbocycles. The molecule has 0 aliphatic heterocycles. The minimum atomic E-state index is -1.66. The van der Waals surface area contributed by atoms with Gasteiger partial charge in [0.1, 0.15) is 5.82 Å². The topological polar surface area (TPSA) is 66.4 Å². The standard InChI is InChI=1S/C8H5BrFNO3.C2H6/c9-4-1-2-6(5(10)3-4)11-7(12)8(13)14;1-2/h1-3H,(H,11,12)(H,13,14);1-2H3. The Morgan fingerprint density at radius 1 is 1.38 bits per heavy atom. The van der Waals surface area contributed by atoms with Crippen molar-refractivity contribution in [1.29, 1.82) is 0 Å². The number of carboxylic acid groups (broad SMARTS) is 1. The molecule has 1 aromatic carbocycles. The maximum absolute atomic E-state index is 13.0. The van der Waals surface area contributed by atoms with E-state index >= 15 is 0 Å². The molecule has 0 fully saturated rings. The average molecular weight is 292 g/mol. The van der Waals surface area contributed by atoms with Gasteiger partial charge in [-0.15, -0.1) is 0 Å². The molecule has 88 valence electrons. The van der Waals surface area contributed by atoms with E-state index in [1.54, 1.807) is 0 Å². The van der Waals surface area contributed by atoms with E-state index in [2.05, 4.69) is 15.9 Å². The van der Waals surface area contributed by atoms with Gasteiger partial charge in [-0.05, 0) is 18.2 Å². The molecular weight excluding hydrogens is 281 g/mol. The SMILES string of the molecule is CC.O=C(O)C(=O)Nc1ccc(Br)cc1F. The van der Waals surface area contributed by atoms with E-state index in [0.29, 0.717) is 4.47 Å². The third kappa shape index (κ3) is 4.39. The Morgan fingerprint density at radius 2 is 1.94 bits per heavy atom. The molecular formula is C10H11BrFNO3. The van der Waals surface area contributed by atoms with Crippen LogP contribution in [0.5, 0.6) is 0 Å². The quantitative estimate of drug-likeness (QED) is 0.782. The fourth-order valence-electron chi connectivity index (χ4n) is 0.767. The maximum atomic E-state index is 13.0. The van der Waals surface area contributed by atoms with E-state index in [-0.39, 0.29) is 5.69 Å². The first kappa shape index (κ1) is 14.6. The second kappa shape index (κ2) is 6.95. The van der Waals surface area contributed by atoms with E-state index in [1.807, 2.05) is 19.2 Å². The zero-order chi connectivity index (χ0) is 12.7. The molecule has 1 rings (SSSR count). The van der Waals surface area contributed by atoms with Crippen LogP contribution in [0.4, 0.5) is 10.1 Å². The van der Waals surface area contributed by atoms with Gasteiger partial charge in [0, 0.05) is 4.47 Å². The van der Waals surface area contributed by atoms with Crippen molar-refractivity contribution in [3.63, 3.8) is 0 Å². The highest BCUT2D eigenvalue weighted by atomic mass is 79.9. The maximum Gasteiger partial charge on any atom is 0.394 e. The lowest BCUT2D eigenvalue weighted by atomic mass is 10.3. The highest BCUT2D eigenvalue weighted by Gasteiger charge is 2.13. The van der Waals surface area contributed by atoms with Crippen molar-refractivity contribution >= 4 is 33.5 Å². The smallest absolute Gasteiger partial charge is 0.394 e. The van der Waals surface area contributed by atoms with Crippen LogP contribution in [-0.4, -0.2) is 17.0 Å². The van der Waals surface area contributed by atoms with Crippen molar-refractivity contribution in [2.45, 2.75) is 13.8 Å². The summed E-state index contributed by atoms with van der Waals surface area (Å²) in [6, 6.07) is 3.87. The first-order valence-electron chi connectivity index (χ1n) is 4.50. The number of anilines is 1. The Labute approximate surface area is 101 Å². The van der Waals surface area contributed by atoms with Crippen LogP contribution in [0.15, 0.2) is 22.7 Å². The van der Waals surface area contributed by atoms with Crippen LogP contribution < -0.4 is 5.32 Å². The number of nitrogens with one attached hydrogen (secondary N) is 1. The molecule has 0 unspecified atom stereocenters. The second-order valence-electron chi connectivity index (χ2n) is 2.38. The van der Waals surface area contributed by atoms with Crippen molar-refractivity contribution in [2.24, 2.45) is 0 Å². The first-order chi connectivity index (χ1) is 7.50. The van der Waals surface area contributed by atoms with Crippen LogP contribution in [-0.2, 0) is 9.59 Å². The van der Waals surface area contributed by atoms with E-state index < -0.39 is 17.7 Å². The third-order valence-electron chi connectivity index (χ3n) is 1.37. The van der Waals surface area contributed by atoms with E-state index in [1.165, 1.54) is 12.1 Å². The van der Waals surface area contributed by atoms with E-state index in [4.69, 9.17) is 5.11 Å². The molecule has 6 heteroatoms. The molecule has 0 spiro atoms. The predicted octanol–water partition coefficient (Wildman–Crippen LogP) is 2.64. The van der Waals surface area contributed by atoms with Crippen molar-refractivity contribution in [3.8, 4) is 0 Å². The summed E-state index contributed by atoms with van der Waals surface area (Å²) in [5.41, 5.74) is -0.166. The number of carbonyl (C=O) groups excluding carboxylic acids is 1. The number of carboxylic acids is 1. The number of hydrogen-bond donors (Lipinski definition) is 2. The minimum absolute atomic E-state index is 0.166. The number of amides is 1. The normalized spacial score (nSPS) is 8.75. The monoisotopic (exact) mass is 291 g/mol. The lowest BCUT2D eigenvalue weighted by Gasteiger charge is -2.03. The number of benzene rings is 1. The van der Waals surface area contributed by atoms with Gasteiger partial charge in [-0.3, -0.25) is 4.79 Å². The third-order valence-corrected chi connectivity index (χ3v) is 1.87. The van der Waals surface area contributed by atoms with Crippen LogP contribution >= 0.6 is 15.9 Å². The molecule has 1 aromatic rings. The Bertz CT molecular complexity index is 396. The van der Waals surface area contributed by atoms with Crippen molar-refractivity contribution in [1.82, 2.24) is 0 Å². The molecule has 1 amide bonds. The van der Waals surface area contributed by atoms with Gasteiger partial charge in [0.25, 0.3) is 0 Å². The van der Waals surface area contributed by atoms with E-state index in [9.17, 15) is 14.0 Å². The molecule has 0 atom stereocenters. The van der Waals surface area contributed by atoms with Crippen molar-refractivity contribution < 1.29 is 19.1 Å². The molecule has 0 saturated heterocycles. The number of rotatable bonds is 1. The van der Waals surface area contributed by atoms with Gasteiger partial charge >= 0.3 is 11.9 Å². The fraction of sp³-hybridized carbons (Fsp3) is 0.200. The summed E-state index contributed by atoms with van der Waals surface area (Å²) in [5, 5.41) is 10.1. The zero-order valence-corrected chi connectivity index (χ0v) is 10.3. The molecule has 0 radical (unpaired) electrons. The Hall–Kier alpha value is -1.43. The minimum Gasteiger partial charge on any atom is -0.474 e. The Kier molecular flexibility index (Phi) is 6.32. The summed E-state index contributed by atoms with van der Waals surface area (Å²) in [4.78, 5) is 20.8. The van der Waals surface area contributed by atoms with Gasteiger partial charge < -0.3 is 10.4 Å². The summed E-state index contributed by atoms with van der Waals surface area (Å²) in [5.74, 6) is -3.63. The largest absolute Gasteiger partial charge is 0.474 e. The molecule has 4 nitrogen and oxygen atoms in total. The van der Waals surface area contributed by atoms with Gasteiger partial charge in [0.2, 0.25) is 0 Å². The van der Waals surface area contributed by atoms with Crippen LogP contribution in [0.3, 0.4) is 0 Å².